The van der Waals surface area contributed by atoms with E-state index < -0.39 is 0 Å². The maximum atomic E-state index is 12.1. The molecule has 1 saturated heterocycles. The fourth-order valence-electron chi connectivity index (χ4n) is 3.01. The molecule has 1 aliphatic heterocycles. The molecule has 0 radical (unpaired) electrons. The number of piperidine rings is 1. The summed E-state index contributed by atoms with van der Waals surface area (Å²) in [4.78, 5) is 14.6. The van der Waals surface area contributed by atoms with Crippen LogP contribution in [0.25, 0.3) is 0 Å². The highest BCUT2D eigenvalue weighted by Gasteiger charge is 2.22. The van der Waals surface area contributed by atoms with Crippen molar-refractivity contribution in [2.45, 2.75) is 38.6 Å². The molecule has 124 valence electrons. The van der Waals surface area contributed by atoms with Crippen molar-refractivity contribution in [3.63, 3.8) is 0 Å². The molecular weight excluding hydrogens is 292 g/mol. The monoisotopic (exact) mass is 316 g/mol. The van der Waals surface area contributed by atoms with Gasteiger partial charge >= 0.3 is 0 Å². The molecule has 1 amide bonds. The van der Waals surface area contributed by atoms with Crippen molar-refractivity contribution >= 4 is 5.91 Å². The quantitative estimate of drug-likeness (QED) is 0.859. The fraction of sp³-hybridized carbons (Fsp3) is 0.529. The lowest BCUT2D eigenvalue weighted by Crippen LogP contribution is -2.32. The van der Waals surface area contributed by atoms with E-state index in [1.54, 1.807) is 12.3 Å². The van der Waals surface area contributed by atoms with Gasteiger partial charge in [-0.15, -0.1) is 0 Å². The smallest absolute Gasteiger partial charge is 0.287 e. The van der Waals surface area contributed by atoms with Crippen molar-refractivity contribution in [2.75, 3.05) is 19.6 Å². The third-order valence-electron chi connectivity index (χ3n) is 4.44. The summed E-state index contributed by atoms with van der Waals surface area (Å²) in [6.45, 7) is 4.91. The summed E-state index contributed by atoms with van der Waals surface area (Å²) in [5.41, 5.74) is 1.00. The second-order valence-corrected chi connectivity index (χ2v) is 6.06. The summed E-state index contributed by atoms with van der Waals surface area (Å²) in [6.07, 6.45) is 6.23. The number of aromatic amines is 1. The van der Waals surface area contributed by atoms with E-state index in [0.717, 1.165) is 31.0 Å². The van der Waals surface area contributed by atoms with E-state index in [0.29, 0.717) is 12.3 Å². The largest absolute Gasteiger partial charge is 0.454 e. The molecule has 0 aromatic carbocycles. The maximum absolute atomic E-state index is 12.1. The first-order chi connectivity index (χ1) is 11.2. The van der Waals surface area contributed by atoms with Gasteiger partial charge in [-0.1, -0.05) is 6.42 Å². The van der Waals surface area contributed by atoms with E-state index in [9.17, 15) is 4.79 Å². The standard InChI is InChI=1S/C17H24N4O2/c1-13(21-11-3-2-4-12-21)15-5-6-16(23-15)17(22)18-9-7-14-8-10-19-20-14/h5-6,8,10,13H,2-4,7,9,11-12H2,1H3,(H,18,22)(H,19,20)/t13-/m0/s1. The first-order valence-corrected chi connectivity index (χ1v) is 8.34. The minimum atomic E-state index is -0.165. The highest BCUT2D eigenvalue weighted by atomic mass is 16.4. The predicted octanol–water partition coefficient (Wildman–Crippen LogP) is 2.52. The third-order valence-corrected chi connectivity index (χ3v) is 4.44. The maximum Gasteiger partial charge on any atom is 0.287 e. The number of furan rings is 1. The number of nitrogens with zero attached hydrogens (tertiary/aromatic N) is 2. The second-order valence-electron chi connectivity index (χ2n) is 6.06. The Morgan fingerprint density at radius 2 is 2.17 bits per heavy atom. The van der Waals surface area contributed by atoms with Crippen LogP contribution in [0.2, 0.25) is 0 Å². The van der Waals surface area contributed by atoms with Crippen LogP contribution < -0.4 is 5.32 Å². The number of amides is 1. The van der Waals surface area contributed by atoms with Crippen LogP contribution in [-0.2, 0) is 6.42 Å². The lowest BCUT2D eigenvalue weighted by atomic mass is 10.1. The first-order valence-electron chi connectivity index (χ1n) is 8.34. The van der Waals surface area contributed by atoms with Gasteiger partial charge in [0.2, 0.25) is 0 Å². The molecule has 2 aromatic rings. The van der Waals surface area contributed by atoms with Crippen molar-refractivity contribution in [1.29, 1.82) is 0 Å². The molecule has 0 aliphatic carbocycles. The Morgan fingerprint density at radius 1 is 1.35 bits per heavy atom. The van der Waals surface area contributed by atoms with Crippen LogP contribution in [0.15, 0.2) is 28.8 Å². The average molecular weight is 316 g/mol. The Morgan fingerprint density at radius 3 is 2.91 bits per heavy atom. The Hall–Kier alpha value is -2.08. The van der Waals surface area contributed by atoms with Gasteiger partial charge in [0.15, 0.2) is 5.76 Å². The van der Waals surface area contributed by atoms with Crippen LogP contribution in [-0.4, -0.2) is 40.6 Å². The number of H-pyrrole nitrogens is 1. The van der Waals surface area contributed by atoms with Crippen LogP contribution >= 0.6 is 0 Å². The Balaban J connectivity index is 1.52. The van der Waals surface area contributed by atoms with Gasteiger partial charge in [-0.2, -0.15) is 5.10 Å². The van der Waals surface area contributed by atoms with Gasteiger partial charge in [0.1, 0.15) is 5.76 Å². The summed E-state index contributed by atoms with van der Waals surface area (Å²) >= 11 is 0. The molecule has 0 unspecified atom stereocenters. The Labute approximate surface area is 136 Å². The van der Waals surface area contributed by atoms with Gasteiger partial charge in [0, 0.05) is 24.9 Å². The molecule has 6 heteroatoms. The molecule has 1 aliphatic rings. The van der Waals surface area contributed by atoms with Gasteiger partial charge in [-0.05, 0) is 51.1 Å². The summed E-state index contributed by atoms with van der Waals surface area (Å²) in [5, 5.41) is 9.64. The summed E-state index contributed by atoms with van der Waals surface area (Å²) in [6, 6.07) is 5.81. The molecular formula is C17H24N4O2. The Bertz CT molecular complexity index is 614. The summed E-state index contributed by atoms with van der Waals surface area (Å²) < 4.78 is 5.77. The Kier molecular flexibility index (Phi) is 5.12. The number of carbonyl (C=O) groups excluding carboxylic acids is 1. The van der Waals surface area contributed by atoms with E-state index in [1.807, 2.05) is 12.1 Å². The number of aromatic nitrogens is 2. The zero-order valence-corrected chi connectivity index (χ0v) is 13.5. The van der Waals surface area contributed by atoms with Crippen molar-refractivity contribution in [3.05, 3.63) is 41.6 Å². The van der Waals surface area contributed by atoms with Gasteiger partial charge < -0.3 is 9.73 Å². The number of carbonyl (C=O) groups is 1. The second kappa shape index (κ2) is 7.46. The SMILES string of the molecule is C[C@@H](c1ccc(C(=O)NCCc2ccn[nH]2)o1)N1CCCCC1. The molecule has 0 saturated carbocycles. The molecule has 0 bridgehead atoms. The van der Waals surface area contributed by atoms with E-state index in [-0.39, 0.29) is 11.9 Å². The molecule has 23 heavy (non-hydrogen) atoms. The molecule has 0 spiro atoms. The predicted molar refractivity (Wildman–Crippen MR) is 87.2 cm³/mol. The summed E-state index contributed by atoms with van der Waals surface area (Å²) in [5.74, 6) is 1.08. The van der Waals surface area contributed by atoms with E-state index in [4.69, 9.17) is 4.42 Å². The van der Waals surface area contributed by atoms with Crippen LogP contribution in [0, 0.1) is 0 Å². The van der Waals surface area contributed by atoms with Crippen LogP contribution in [0.1, 0.15) is 54.2 Å². The van der Waals surface area contributed by atoms with Gasteiger partial charge in [-0.25, -0.2) is 0 Å². The highest BCUT2D eigenvalue weighted by molar-refractivity contribution is 5.91. The highest BCUT2D eigenvalue weighted by Crippen LogP contribution is 2.25. The van der Waals surface area contributed by atoms with Crippen LogP contribution in [0.5, 0.6) is 0 Å². The molecule has 6 nitrogen and oxygen atoms in total. The lowest BCUT2D eigenvalue weighted by molar-refractivity contribution is 0.0917. The minimum Gasteiger partial charge on any atom is -0.454 e. The minimum absolute atomic E-state index is 0.165. The van der Waals surface area contributed by atoms with Gasteiger partial charge in [0.05, 0.1) is 6.04 Å². The lowest BCUT2D eigenvalue weighted by Gasteiger charge is -2.31. The third kappa shape index (κ3) is 4.01. The molecule has 2 N–H and O–H groups in total. The van der Waals surface area contributed by atoms with Crippen molar-refractivity contribution < 1.29 is 9.21 Å². The van der Waals surface area contributed by atoms with Gasteiger partial charge in [0.25, 0.3) is 5.91 Å². The molecule has 1 fully saturated rings. The zero-order valence-electron chi connectivity index (χ0n) is 13.5. The molecule has 3 rings (SSSR count). The number of hydrogen-bond donors (Lipinski definition) is 2. The number of likely N-dealkylation sites (tertiary alicyclic amines) is 1. The molecule has 2 aromatic heterocycles. The fourth-order valence-corrected chi connectivity index (χ4v) is 3.01. The molecule has 1 atom stereocenters. The summed E-state index contributed by atoms with van der Waals surface area (Å²) in [7, 11) is 0. The van der Waals surface area contributed by atoms with Crippen molar-refractivity contribution in [1.82, 2.24) is 20.4 Å². The zero-order chi connectivity index (χ0) is 16.1. The van der Waals surface area contributed by atoms with E-state index in [1.165, 1.54) is 19.3 Å². The topological polar surface area (TPSA) is 74.2 Å². The average Bonchev–Trinajstić information content (AvgIpc) is 3.26. The van der Waals surface area contributed by atoms with E-state index in [2.05, 4.69) is 27.3 Å². The van der Waals surface area contributed by atoms with Gasteiger partial charge in [-0.3, -0.25) is 14.8 Å². The van der Waals surface area contributed by atoms with Crippen molar-refractivity contribution in [3.8, 4) is 0 Å². The normalized spacial score (nSPS) is 17.1. The number of rotatable bonds is 6. The molecule has 3 heterocycles. The van der Waals surface area contributed by atoms with Crippen LogP contribution in [0.4, 0.5) is 0 Å². The number of hydrogen-bond acceptors (Lipinski definition) is 4. The van der Waals surface area contributed by atoms with Crippen LogP contribution in [0.3, 0.4) is 0 Å². The first kappa shape index (κ1) is 15.8. The number of nitrogens with one attached hydrogen (secondary N) is 2. The van der Waals surface area contributed by atoms with E-state index >= 15 is 0 Å². The van der Waals surface area contributed by atoms with Crippen molar-refractivity contribution in [2.24, 2.45) is 0 Å².